The normalized spacial score (nSPS) is 21.5. The summed E-state index contributed by atoms with van der Waals surface area (Å²) in [6.45, 7) is 0.709. The monoisotopic (exact) mass is 277 g/mol. The van der Waals surface area contributed by atoms with Crippen LogP contribution in [-0.2, 0) is 20.7 Å². The number of ether oxygens (including phenoxy) is 1. The Morgan fingerprint density at radius 1 is 1.40 bits per heavy atom. The van der Waals surface area contributed by atoms with Crippen molar-refractivity contribution in [3.8, 4) is 0 Å². The molecule has 0 aliphatic carbocycles. The quantitative estimate of drug-likeness (QED) is 0.724. The van der Waals surface area contributed by atoms with Crippen LogP contribution in [0, 0.1) is 0 Å². The summed E-state index contributed by atoms with van der Waals surface area (Å²) in [5, 5.41) is 5.36. The summed E-state index contributed by atoms with van der Waals surface area (Å²) in [7, 11) is 1.58. The molecule has 108 valence electrons. The minimum atomic E-state index is -0.986. The largest absolute Gasteiger partial charge is 0.379 e. The molecule has 0 bridgehead atoms. The summed E-state index contributed by atoms with van der Waals surface area (Å²) in [4.78, 5) is 23.7. The maximum Gasteiger partial charge on any atom is 0.246 e. The Balaban J connectivity index is 2.12. The fourth-order valence-electron chi connectivity index (χ4n) is 2.06. The number of rotatable bonds is 4. The molecular formula is C14H19N3O3. The highest BCUT2D eigenvalue weighted by Crippen LogP contribution is 2.21. The Labute approximate surface area is 117 Å². The van der Waals surface area contributed by atoms with Gasteiger partial charge in [-0.3, -0.25) is 9.59 Å². The van der Waals surface area contributed by atoms with Crippen LogP contribution < -0.4 is 16.4 Å². The van der Waals surface area contributed by atoms with E-state index in [1.54, 1.807) is 25.2 Å². The molecule has 0 radical (unpaired) electrons. The molecule has 0 saturated carbocycles. The van der Waals surface area contributed by atoms with Crippen LogP contribution in [0.4, 0.5) is 5.69 Å². The van der Waals surface area contributed by atoms with Gasteiger partial charge in [-0.2, -0.15) is 0 Å². The predicted molar refractivity (Wildman–Crippen MR) is 75.2 cm³/mol. The van der Waals surface area contributed by atoms with Gasteiger partial charge >= 0.3 is 0 Å². The minimum Gasteiger partial charge on any atom is -0.379 e. The number of nitrogens with two attached hydrogens (primary N) is 1. The lowest BCUT2D eigenvalue weighted by molar-refractivity contribution is -0.121. The van der Waals surface area contributed by atoms with E-state index in [1.807, 2.05) is 6.07 Å². The van der Waals surface area contributed by atoms with Gasteiger partial charge in [0.25, 0.3) is 0 Å². The number of carbonyl (C=O) groups is 2. The zero-order valence-electron chi connectivity index (χ0n) is 11.4. The van der Waals surface area contributed by atoms with E-state index in [9.17, 15) is 9.59 Å². The SMILES string of the molecule is CNC(=O)Cc1ccccc1NC(=O)C1(N)CCOC1. The second kappa shape index (κ2) is 6.02. The number of amides is 2. The summed E-state index contributed by atoms with van der Waals surface area (Å²) >= 11 is 0. The third-order valence-electron chi connectivity index (χ3n) is 3.40. The molecule has 1 heterocycles. The molecule has 20 heavy (non-hydrogen) atoms. The fourth-order valence-corrected chi connectivity index (χ4v) is 2.06. The van der Waals surface area contributed by atoms with Crippen LogP contribution in [0.25, 0.3) is 0 Å². The van der Waals surface area contributed by atoms with Crippen LogP contribution in [0.1, 0.15) is 12.0 Å². The molecule has 4 N–H and O–H groups in total. The van der Waals surface area contributed by atoms with E-state index in [1.165, 1.54) is 0 Å². The lowest BCUT2D eigenvalue weighted by Gasteiger charge is -2.21. The first kappa shape index (κ1) is 14.5. The lowest BCUT2D eigenvalue weighted by Crippen LogP contribution is -2.51. The first-order chi connectivity index (χ1) is 9.55. The van der Waals surface area contributed by atoms with E-state index < -0.39 is 5.54 Å². The molecule has 1 aliphatic heterocycles. The second-order valence-corrected chi connectivity index (χ2v) is 4.92. The lowest BCUT2D eigenvalue weighted by atomic mass is 9.98. The van der Waals surface area contributed by atoms with Gasteiger partial charge in [-0.15, -0.1) is 0 Å². The molecule has 0 aromatic heterocycles. The Hall–Kier alpha value is -1.92. The Kier molecular flexibility index (Phi) is 4.36. The number of hydrogen-bond donors (Lipinski definition) is 3. The van der Waals surface area contributed by atoms with Gasteiger partial charge < -0.3 is 21.1 Å². The van der Waals surface area contributed by atoms with Crippen molar-refractivity contribution in [3.05, 3.63) is 29.8 Å². The van der Waals surface area contributed by atoms with E-state index in [-0.39, 0.29) is 24.8 Å². The van der Waals surface area contributed by atoms with Gasteiger partial charge in [0.15, 0.2) is 0 Å². The standard InChI is InChI=1S/C14H19N3O3/c1-16-12(18)8-10-4-2-3-5-11(10)17-13(19)14(15)6-7-20-9-14/h2-5H,6-9,15H2,1H3,(H,16,18)(H,17,19). The average Bonchev–Trinajstić information content (AvgIpc) is 2.89. The first-order valence-electron chi connectivity index (χ1n) is 6.52. The number of anilines is 1. The Morgan fingerprint density at radius 3 is 2.80 bits per heavy atom. The molecule has 1 aliphatic rings. The van der Waals surface area contributed by atoms with Gasteiger partial charge in [0.2, 0.25) is 11.8 Å². The number of likely N-dealkylation sites (N-methyl/N-ethyl adjacent to an activating group) is 1. The Morgan fingerprint density at radius 2 is 2.15 bits per heavy atom. The smallest absolute Gasteiger partial charge is 0.246 e. The molecule has 1 unspecified atom stereocenters. The van der Waals surface area contributed by atoms with Crippen molar-refractivity contribution < 1.29 is 14.3 Å². The van der Waals surface area contributed by atoms with Gasteiger partial charge in [-0.05, 0) is 18.1 Å². The zero-order valence-corrected chi connectivity index (χ0v) is 11.4. The predicted octanol–water partition coefficient (Wildman–Crippen LogP) is 0.0314. The molecule has 6 heteroatoms. The van der Waals surface area contributed by atoms with Crippen LogP contribution in [0.15, 0.2) is 24.3 Å². The summed E-state index contributed by atoms with van der Waals surface area (Å²) in [5.74, 6) is -0.391. The third-order valence-corrected chi connectivity index (χ3v) is 3.40. The van der Waals surface area contributed by atoms with E-state index in [2.05, 4.69) is 10.6 Å². The van der Waals surface area contributed by atoms with Crippen molar-refractivity contribution in [1.29, 1.82) is 0 Å². The van der Waals surface area contributed by atoms with E-state index >= 15 is 0 Å². The van der Waals surface area contributed by atoms with Crippen molar-refractivity contribution in [2.75, 3.05) is 25.6 Å². The molecule has 1 aromatic rings. The highest BCUT2D eigenvalue weighted by atomic mass is 16.5. The van der Waals surface area contributed by atoms with Crippen molar-refractivity contribution in [2.24, 2.45) is 5.73 Å². The van der Waals surface area contributed by atoms with Crippen LogP contribution >= 0.6 is 0 Å². The van der Waals surface area contributed by atoms with Crippen molar-refractivity contribution >= 4 is 17.5 Å². The Bertz CT molecular complexity index is 510. The van der Waals surface area contributed by atoms with Gasteiger partial charge in [0.1, 0.15) is 5.54 Å². The molecule has 2 rings (SSSR count). The van der Waals surface area contributed by atoms with Crippen LogP contribution in [0.5, 0.6) is 0 Å². The average molecular weight is 277 g/mol. The maximum absolute atomic E-state index is 12.2. The van der Waals surface area contributed by atoms with E-state index in [0.29, 0.717) is 18.7 Å². The molecule has 6 nitrogen and oxygen atoms in total. The highest BCUT2D eigenvalue weighted by molar-refractivity contribution is 5.99. The van der Waals surface area contributed by atoms with Crippen molar-refractivity contribution in [2.45, 2.75) is 18.4 Å². The van der Waals surface area contributed by atoms with Gasteiger partial charge in [0, 0.05) is 19.3 Å². The number of carbonyl (C=O) groups excluding carboxylic acids is 2. The maximum atomic E-state index is 12.2. The molecule has 1 saturated heterocycles. The molecule has 1 atom stereocenters. The molecule has 1 aromatic carbocycles. The minimum absolute atomic E-state index is 0.113. The molecule has 1 fully saturated rings. The first-order valence-corrected chi connectivity index (χ1v) is 6.52. The number of hydrogen-bond acceptors (Lipinski definition) is 4. The van der Waals surface area contributed by atoms with Crippen LogP contribution in [0.3, 0.4) is 0 Å². The van der Waals surface area contributed by atoms with Gasteiger partial charge in [-0.1, -0.05) is 18.2 Å². The second-order valence-electron chi connectivity index (χ2n) is 4.92. The summed E-state index contributed by atoms with van der Waals surface area (Å²) in [6, 6.07) is 7.19. The summed E-state index contributed by atoms with van der Waals surface area (Å²) in [5.41, 5.74) is 6.39. The van der Waals surface area contributed by atoms with E-state index in [0.717, 1.165) is 5.56 Å². The third kappa shape index (κ3) is 3.15. The summed E-state index contributed by atoms with van der Waals surface area (Å²) in [6.07, 6.45) is 0.706. The molecule has 0 spiro atoms. The zero-order chi connectivity index (χ0) is 14.6. The highest BCUT2D eigenvalue weighted by Gasteiger charge is 2.38. The van der Waals surface area contributed by atoms with Crippen molar-refractivity contribution in [3.63, 3.8) is 0 Å². The van der Waals surface area contributed by atoms with Gasteiger partial charge in [0.05, 0.1) is 13.0 Å². The number of nitrogens with one attached hydrogen (secondary N) is 2. The number of benzene rings is 1. The van der Waals surface area contributed by atoms with Crippen LogP contribution in [0.2, 0.25) is 0 Å². The van der Waals surface area contributed by atoms with Crippen molar-refractivity contribution in [1.82, 2.24) is 5.32 Å². The molecule has 2 amide bonds. The fraction of sp³-hybridized carbons (Fsp3) is 0.429. The molecular weight excluding hydrogens is 258 g/mol. The van der Waals surface area contributed by atoms with Gasteiger partial charge in [-0.25, -0.2) is 0 Å². The van der Waals surface area contributed by atoms with E-state index in [4.69, 9.17) is 10.5 Å². The topological polar surface area (TPSA) is 93.5 Å². The summed E-state index contributed by atoms with van der Waals surface area (Å²) < 4.78 is 5.18. The van der Waals surface area contributed by atoms with Crippen LogP contribution in [-0.4, -0.2) is 37.6 Å². The number of para-hydroxylation sites is 1.